The van der Waals surface area contributed by atoms with Crippen molar-refractivity contribution in [1.29, 1.82) is 0 Å². The zero-order valence-corrected chi connectivity index (χ0v) is 10.9. The lowest BCUT2D eigenvalue weighted by molar-refractivity contribution is -0.363. The molecule has 0 bridgehead atoms. The molecule has 0 spiro atoms. The van der Waals surface area contributed by atoms with Crippen LogP contribution in [0.25, 0.3) is 0 Å². The second kappa shape index (κ2) is 6.19. The van der Waals surface area contributed by atoms with Crippen LogP contribution >= 0.6 is 11.8 Å². The molecule has 0 aliphatic carbocycles. The molecule has 0 radical (unpaired) electrons. The molecule has 0 aliphatic heterocycles. The van der Waals surface area contributed by atoms with Crippen LogP contribution in [-0.4, -0.2) is 42.5 Å². The summed E-state index contributed by atoms with van der Waals surface area (Å²) >= 11 is 0.309. The first kappa shape index (κ1) is 19.0. The number of carbonyl (C=O) groups excluding carboxylic acids is 2. The minimum absolute atomic E-state index is 0.309. The molecule has 1 unspecified atom stereocenters. The molecule has 0 saturated carbocycles. The molecule has 0 aromatic heterocycles. The van der Waals surface area contributed by atoms with E-state index in [0.29, 0.717) is 18.9 Å². The zero-order valence-electron chi connectivity index (χ0n) is 10.1. The van der Waals surface area contributed by atoms with Gasteiger partial charge in [-0.1, -0.05) is 11.8 Å². The molecule has 0 rings (SSSR count). The molecule has 0 heterocycles. The van der Waals surface area contributed by atoms with Gasteiger partial charge in [0.15, 0.2) is 5.12 Å². The van der Waals surface area contributed by atoms with Gasteiger partial charge in [0.25, 0.3) is 0 Å². The average Bonchev–Trinajstić information content (AvgIpc) is 2.32. The zero-order chi connectivity index (χ0) is 16.4. The molecule has 0 amide bonds. The van der Waals surface area contributed by atoms with Crippen LogP contribution in [-0.2, 0) is 14.3 Å². The number of ether oxygens (including phenoxy) is 1. The number of methoxy groups -OCH3 is 1. The van der Waals surface area contributed by atoms with Crippen LogP contribution in [0.5, 0.6) is 0 Å². The highest BCUT2D eigenvalue weighted by molar-refractivity contribution is 8.13. The van der Waals surface area contributed by atoms with Crippen LogP contribution in [0.1, 0.15) is 6.42 Å². The van der Waals surface area contributed by atoms with Crippen molar-refractivity contribution in [3.05, 3.63) is 0 Å². The molecule has 0 N–H and O–H groups in total. The second-order valence-corrected chi connectivity index (χ2v) is 4.41. The third-order valence-electron chi connectivity index (χ3n) is 2.30. The normalized spacial score (nSPS) is 14.8. The largest absolute Gasteiger partial charge is 0.469 e. The van der Waals surface area contributed by atoms with Gasteiger partial charge in [-0.15, -0.1) is 0 Å². The number of carbonyl (C=O) groups is 2. The topological polar surface area (TPSA) is 43.4 Å². The van der Waals surface area contributed by atoms with Gasteiger partial charge in [0.1, 0.15) is 5.92 Å². The number of hydrogen-bond acceptors (Lipinski definition) is 4. The minimum Gasteiger partial charge on any atom is -0.469 e. The van der Waals surface area contributed by atoms with Crippen molar-refractivity contribution in [2.45, 2.75) is 24.4 Å². The number of rotatable bonds is 5. The predicted octanol–water partition coefficient (Wildman–Crippen LogP) is 2.89. The molecule has 118 valence electrons. The lowest BCUT2D eigenvalue weighted by atomic mass is 9.92. The maximum Gasteiger partial charge on any atom is 0.459 e. The lowest BCUT2D eigenvalue weighted by Crippen LogP contribution is -2.57. The van der Waals surface area contributed by atoms with Gasteiger partial charge < -0.3 is 4.74 Å². The predicted molar refractivity (Wildman–Crippen MR) is 54.6 cm³/mol. The Balaban J connectivity index is 5.65. The van der Waals surface area contributed by atoms with E-state index < -0.39 is 41.4 Å². The number of halogens is 7. The highest BCUT2D eigenvalue weighted by Crippen LogP contribution is 2.51. The standard InChI is InChI=1S/C9H9F7O3S/c1-19-6(18)4(3-5(17)20-2)7(10,11)8(12,13)9(14,15)16/h4H,3H2,1-2H3. The Morgan fingerprint density at radius 1 is 1.10 bits per heavy atom. The molecule has 0 aliphatic rings. The molecule has 11 heteroatoms. The summed E-state index contributed by atoms with van der Waals surface area (Å²) in [4.78, 5) is 22.0. The van der Waals surface area contributed by atoms with E-state index >= 15 is 0 Å². The third kappa shape index (κ3) is 3.55. The van der Waals surface area contributed by atoms with E-state index in [1.54, 1.807) is 0 Å². The van der Waals surface area contributed by atoms with Crippen molar-refractivity contribution < 1.29 is 45.1 Å². The van der Waals surface area contributed by atoms with E-state index in [1.807, 2.05) is 0 Å². The van der Waals surface area contributed by atoms with Crippen molar-refractivity contribution in [2.24, 2.45) is 5.92 Å². The van der Waals surface area contributed by atoms with E-state index in [-0.39, 0.29) is 0 Å². The lowest BCUT2D eigenvalue weighted by Gasteiger charge is -2.32. The van der Waals surface area contributed by atoms with E-state index in [1.165, 1.54) is 0 Å². The molecule has 0 aromatic carbocycles. The SMILES string of the molecule is COC(=O)C(CC(=O)SC)C(F)(F)C(F)(F)C(F)(F)F. The summed E-state index contributed by atoms with van der Waals surface area (Å²) in [7, 11) is 0.528. The first-order valence-electron chi connectivity index (χ1n) is 4.80. The van der Waals surface area contributed by atoms with Crippen LogP contribution in [0.2, 0.25) is 0 Å². The first-order chi connectivity index (χ1) is 8.82. The van der Waals surface area contributed by atoms with Crippen molar-refractivity contribution in [3.8, 4) is 0 Å². The average molecular weight is 330 g/mol. The number of alkyl halides is 7. The van der Waals surface area contributed by atoms with Gasteiger partial charge in [-0.2, -0.15) is 30.7 Å². The van der Waals surface area contributed by atoms with Crippen LogP contribution in [0.3, 0.4) is 0 Å². The van der Waals surface area contributed by atoms with Crippen LogP contribution < -0.4 is 0 Å². The molecule has 0 aromatic rings. The molecular weight excluding hydrogens is 321 g/mol. The fraction of sp³-hybridized carbons (Fsp3) is 0.778. The van der Waals surface area contributed by atoms with Crippen LogP contribution in [0.15, 0.2) is 0 Å². The van der Waals surface area contributed by atoms with Gasteiger partial charge in [-0.3, -0.25) is 9.59 Å². The maximum atomic E-state index is 13.4. The Labute approximate surface area is 112 Å². The van der Waals surface area contributed by atoms with Crippen molar-refractivity contribution in [1.82, 2.24) is 0 Å². The summed E-state index contributed by atoms with van der Waals surface area (Å²) in [5.74, 6) is -17.5. The molecule has 0 saturated heterocycles. The first-order valence-corrected chi connectivity index (χ1v) is 6.02. The minimum atomic E-state index is -6.58. The Hall–Kier alpha value is -1.00. The Morgan fingerprint density at radius 2 is 1.55 bits per heavy atom. The third-order valence-corrected chi connectivity index (χ3v) is 2.92. The molecule has 20 heavy (non-hydrogen) atoms. The highest BCUT2D eigenvalue weighted by Gasteiger charge is 2.76. The van der Waals surface area contributed by atoms with Gasteiger partial charge in [0.2, 0.25) is 0 Å². The fourth-order valence-corrected chi connectivity index (χ4v) is 1.49. The molecular formula is C9H9F7O3S. The van der Waals surface area contributed by atoms with E-state index in [2.05, 4.69) is 4.74 Å². The number of hydrogen-bond donors (Lipinski definition) is 0. The van der Waals surface area contributed by atoms with Crippen LogP contribution in [0, 0.1) is 5.92 Å². The summed E-state index contributed by atoms with van der Waals surface area (Å²) in [6, 6.07) is 0. The van der Waals surface area contributed by atoms with E-state index in [9.17, 15) is 40.3 Å². The highest BCUT2D eigenvalue weighted by atomic mass is 32.2. The quantitative estimate of drug-likeness (QED) is 0.574. The summed E-state index contributed by atoms with van der Waals surface area (Å²) in [6.45, 7) is 0. The van der Waals surface area contributed by atoms with Crippen molar-refractivity contribution in [2.75, 3.05) is 13.4 Å². The van der Waals surface area contributed by atoms with Gasteiger partial charge >= 0.3 is 24.0 Å². The maximum absolute atomic E-state index is 13.4. The summed E-state index contributed by atoms with van der Waals surface area (Å²) in [5, 5.41) is -1.15. The van der Waals surface area contributed by atoms with Crippen molar-refractivity contribution >= 4 is 22.8 Å². The Kier molecular flexibility index (Phi) is 5.88. The summed E-state index contributed by atoms with van der Waals surface area (Å²) in [6.07, 6.45) is -6.99. The van der Waals surface area contributed by atoms with E-state index in [4.69, 9.17) is 0 Å². The monoisotopic (exact) mass is 330 g/mol. The molecule has 3 nitrogen and oxygen atoms in total. The van der Waals surface area contributed by atoms with Crippen LogP contribution in [0.4, 0.5) is 30.7 Å². The fourth-order valence-electron chi connectivity index (χ4n) is 1.16. The Bertz CT molecular complexity index is 380. The summed E-state index contributed by atoms with van der Waals surface area (Å²) < 4.78 is 92.1. The molecule has 0 fully saturated rings. The Morgan fingerprint density at radius 3 is 1.85 bits per heavy atom. The smallest absolute Gasteiger partial charge is 0.459 e. The van der Waals surface area contributed by atoms with Gasteiger partial charge in [-0.25, -0.2) is 0 Å². The van der Waals surface area contributed by atoms with Crippen molar-refractivity contribution in [3.63, 3.8) is 0 Å². The summed E-state index contributed by atoms with van der Waals surface area (Å²) in [5.41, 5.74) is 0. The number of esters is 1. The van der Waals surface area contributed by atoms with E-state index in [0.717, 1.165) is 6.26 Å². The van der Waals surface area contributed by atoms with Gasteiger partial charge in [0, 0.05) is 6.42 Å². The number of thioether (sulfide) groups is 1. The molecule has 1 atom stereocenters. The van der Waals surface area contributed by atoms with Gasteiger partial charge in [-0.05, 0) is 6.26 Å². The second-order valence-electron chi connectivity index (χ2n) is 3.55. The van der Waals surface area contributed by atoms with Gasteiger partial charge in [0.05, 0.1) is 7.11 Å².